The van der Waals surface area contributed by atoms with Crippen molar-refractivity contribution < 1.29 is 48.3 Å². The van der Waals surface area contributed by atoms with Crippen LogP contribution in [0.15, 0.2) is 36.4 Å². The van der Waals surface area contributed by atoms with Crippen LogP contribution in [0.4, 0.5) is 11.4 Å². The Morgan fingerprint density at radius 1 is 0.750 bits per heavy atom. The number of aliphatic hydroxyl groups excluding tert-OH is 2. The van der Waals surface area contributed by atoms with Gasteiger partial charge in [0.05, 0.1) is 14.2 Å². The van der Waals surface area contributed by atoms with Crippen LogP contribution in [-0.4, -0.2) is 73.6 Å². The van der Waals surface area contributed by atoms with E-state index >= 15 is 0 Å². The standard InChI is InChI=1S/C28H32N2O10/c1-37-23(31)9-3-15-13-29-21-11-17(5-7-19(15)21)39-27(35)25(33)26(34)28(36)40-18-6-8-20-16(4-10-24(32)38-2)14-30-22(20)12-18/h5-8,11-12,15-16,25-26,29-30,33-34H,3-4,9-10,13-14H2,1-2H3. The molecule has 4 rings (SSSR count). The first kappa shape index (κ1) is 28.8. The normalized spacial score (nSPS) is 18.3. The Hall–Kier alpha value is -4.16. The Bertz CT molecular complexity index is 1180. The molecule has 4 atom stereocenters. The highest BCUT2D eigenvalue weighted by Crippen LogP contribution is 2.38. The molecular formula is C28H32N2O10. The fourth-order valence-electron chi connectivity index (χ4n) is 4.82. The highest BCUT2D eigenvalue weighted by atomic mass is 16.6. The maximum atomic E-state index is 12.5. The second-order valence-electron chi connectivity index (χ2n) is 9.62. The van der Waals surface area contributed by atoms with Gasteiger partial charge < -0.3 is 39.8 Å². The predicted octanol–water partition coefficient (Wildman–Crippen LogP) is 1.84. The molecule has 0 spiro atoms. The van der Waals surface area contributed by atoms with Crippen LogP contribution in [0.5, 0.6) is 11.5 Å². The summed E-state index contributed by atoms with van der Waals surface area (Å²) in [4.78, 5) is 47.8. The number of nitrogens with one attached hydrogen (secondary N) is 2. The summed E-state index contributed by atoms with van der Waals surface area (Å²) in [5, 5.41) is 26.9. The zero-order valence-corrected chi connectivity index (χ0v) is 22.2. The molecule has 0 aliphatic carbocycles. The van der Waals surface area contributed by atoms with E-state index in [-0.39, 0.29) is 48.1 Å². The Morgan fingerprint density at radius 3 is 1.52 bits per heavy atom. The van der Waals surface area contributed by atoms with Crippen LogP contribution < -0.4 is 20.1 Å². The minimum atomic E-state index is -2.18. The van der Waals surface area contributed by atoms with E-state index in [0.717, 1.165) is 11.1 Å². The van der Waals surface area contributed by atoms with Crippen molar-refractivity contribution in [1.29, 1.82) is 0 Å². The molecule has 214 valence electrons. The average molecular weight is 557 g/mol. The lowest BCUT2D eigenvalue weighted by atomic mass is 9.96. The predicted molar refractivity (Wildman–Crippen MR) is 141 cm³/mol. The van der Waals surface area contributed by atoms with Crippen molar-refractivity contribution >= 4 is 35.3 Å². The summed E-state index contributed by atoms with van der Waals surface area (Å²) in [5.41, 5.74) is 3.33. The maximum Gasteiger partial charge on any atom is 0.343 e. The summed E-state index contributed by atoms with van der Waals surface area (Å²) in [5.74, 6) is -2.66. The van der Waals surface area contributed by atoms with Crippen LogP contribution in [0.1, 0.15) is 48.6 Å². The van der Waals surface area contributed by atoms with Crippen molar-refractivity contribution in [3.8, 4) is 11.5 Å². The second kappa shape index (κ2) is 12.8. The first-order valence-corrected chi connectivity index (χ1v) is 12.9. The first-order valence-electron chi connectivity index (χ1n) is 12.9. The molecule has 0 aromatic heterocycles. The molecule has 0 bridgehead atoms. The summed E-state index contributed by atoms with van der Waals surface area (Å²) in [7, 11) is 2.68. The quantitative estimate of drug-likeness (QED) is 0.234. The van der Waals surface area contributed by atoms with Gasteiger partial charge in [-0.3, -0.25) is 9.59 Å². The number of hydrogen-bond donors (Lipinski definition) is 4. The number of methoxy groups -OCH3 is 2. The smallest absolute Gasteiger partial charge is 0.343 e. The van der Waals surface area contributed by atoms with E-state index in [1.165, 1.54) is 26.4 Å². The molecule has 4 N–H and O–H groups in total. The number of esters is 4. The van der Waals surface area contributed by atoms with E-state index < -0.39 is 24.1 Å². The molecule has 0 fully saturated rings. The molecule has 2 heterocycles. The Morgan fingerprint density at radius 2 is 1.15 bits per heavy atom. The van der Waals surface area contributed by atoms with E-state index in [4.69, 9.17) is 9.47 Å². The number of ether oxygens (including phenoxy) is 4. The van der Waals surface area contributed by atoms with Crippen LogP contribution in [-0.2, 0) is 28.7 Å². The molecule has 0 radical (unpaired) electrons. The van der Waals surface area contributed by atoms with Crippen LogP contribution in [0, 0.1) is 0 Å². The summed E-state index contributed by atoms with van der Waals surface area (Å²) >= 11 is 0. The van der Waals surface area contributed by atoms with Gasteiger partial charge in [-0.05, 0) is 36.1 Å². The van der Waals surface area contributed by atoms with Gasteiger partial charge in [-0.2, -0.15) is 0 Å². The Balaban J connectivity index is 1.30. The van der Waals surface area contributed by atoms with Gasteiger partial charge in [0.1, 0.15) is 11.5 Å². The number of benzene rings is 2. The van der Waals surface area contributed by atoms with Gasteiger partial charge in [-0.15, -0.1) is 0 Å². The van der Waals surface area contributed by atoms with Crippen molar-refractivity contribution in [3.05, 3.63) is 47.5 Å². The summed E-state index contributed by atoms with van der Waals surface area (Å²) < 4.78 is 19.7. The van der Waals surface area contributed by atoms with Gasteiger partial charge in [0.15, 0.2) is 12.2 Å². The Labute approximate surface area is 230 Å². The third kappa shape index (κ3) is 6.69. The monoisotopic (exact) mass is 556 g/mol. The van der Waals surface area contributed by atoms with Crippen LogP contribution in [0.2, 0.25) is 0 Å². The van der Waals surface area contributed by atoms with Crippen molar-refractivity contribution in [2.45, 2.75) is 49.7 Å². The van der Waals surface area contributed by atoms with Gasteiger partial charge >= 0.3 is 23.9 Å². The zero-order chi connectivity index (χ0) is 28.8. The van der Waals surface area contributed by atoms with Crippen LogP contribution in [0.3, 0.4) is 0 Å². The highest BCUT2D eigenvalue weighted by molar-refractivity contribution is 5.87. The topological polar surface area (TPSA) is 170 Å². The maximum absolute atomic E-state index is 12.5. The summed E-state index contributed by atoms with van der Waals surface area (Å²) in [6.07, 6.45) is -2.63. The van der Waals surface area contributed by atoms with Crippen LogP contribution in [0.25, 0.3) is 0 Å². The number of anilines is 2. The van der Waals surface area contributed by atoms with E-state index in [1.54, 1.807) is 24.3 Å². The lowest BCUT2D eigenvalue weighted by Gasteiger charge is -2.16. The van der Waals surface area contributed by atoms with E-state index in [1.807, 2.05) is 0 Å². The van der Waals surface area contributed by atoms with Crippen molar-refractivity contribution in [3.63, 3.8) is 0 Å². The number of hydrogen-bond acceptors (Lipinski definition) is 12. The first-order chi connectivity index (χ1) is 19.2. The molecule has 2 aromatic rings. The fourth-order valence-corrected chi connectivity index (χ4v) is 4.82. The van der Waals surface area contributed by atoms with Crippen LogP contribution >= 0.6 is 0 Å². The summed E-state index contributed by atoms with van der Waals surface area (Å²) in [6.45, 7) is 1.20. The van der Waals surface area contributed by atoms with E-state index in [9.17, 15) is 29.4 Å². The van der Waals surface area contributed by atoms with Crippen molar-refractivity contribution in [1.82, 2.24) is 0 Å². The molecule has 2 aliphatic heterocycles. The minimum Gasteiger partial charge on any atom is -0.469 e. The van der Waals surface area contributed by atoms with Crippen molar-refractivity contribution in [2.24, 2.45) is 0 Å². The number of carbonyl (C=O) groups is 4. The third-order valence-electron chi connectivity index (χ3n) is 7.08. The van der Waals surface area contributed by atoms with Gasteiger partial charge in [-0.25, -0.2) is 9.59 Å². The number of fused-ring (bicyclic) bond motifs is 2. The SMILES string of the molecule is COC(=O)CCC1CNc2cc(OC(=O)C(O)C(O)C(=O)Oc3ccc4c(c3)NCC4CCC(=O)OC)ccc21. The molecule has 0 saturated heterocycles. The average Bonchev–Trinajstić information content (AvgIpc) is 3.56. The molecule has 2 aromatic carbocycles. The van der Waals surface area contributed by atoms with Gasteiger partial charge in [0.25, 0.3) is 0 Å². The molecule has 12 heteroatoms. The molecule has 40 heavy (non-hydrogen) atoms. The lowest BCUT2D eigenvalue weighted by molar-refractivity contribution is -0.162. The number of aliphatic hydroxyl groups is 2. The molecule has 12 nitrogen and oxygen atoms in total. The molecule has 0 saturated carbocycles. The largest absolute Gasteiger partial charge is 0.469 e. The van der Waals surface area contributed by atoms with E-state index in [2.05, 4.69) is 20.1 Å². The highest BCUT2D eigenvalue weighted by Gasteiger charge is 2.34. The van der Waals surface area contributed by atoms with Gasteiger partial charge in [-0.1, -0.05) is 12.1 Å². The molecule has 0 amide bonds. The van der Waals surface area contributed by atoms with Gasteiger partial charge in [0, 0.05) is 61.3 Å². The zero-order valence-electron chi connectivity index (χ0n) is 22.2. The number of rotatable bonds is 11. The van der Waals surface area contributed by atoms with E-state index in [0.29, 0.717) is 37.3 Å². The Kier molecular flexibility index (Phi) is 9.22. The second-order valence-corrected chi connectivity index (χ2v) is 9.62. The molecular weight excluding hydrogens is 524 g/mol. The van der Waals surface area contributed by atoms with Gasteiger partial charge in [0.2, 0.25) is 0 Å². The third-order valence-corrected chi connectivity index (χ3v) is 7.08. The summed E-state index contributed by atoms with van der Waals surface area (Å²) in [6, 6.07) is 9.69. The fraction of sp³-hybridized carbons (Fsp3) is 0.429. The molecule has 2 aliphatic rings. The number of carbonyl (C=O) groups excluding carboxylic acids is 4. The lowest BCUT2D eigenvalue weighted by Crippen LogP contribution is -2.43. The van der Waals surface area contributed by atoms with Crippen molar-refractivity contribution in [2.75, 3.05) is 37.9 Å². The minimum absolute atomic E-state index is 0.0844. The molecule has 4 unspecified atom stereocenters.